The average Bonchev–Trinajstić information content (AvgIpc) is 3.30. The smallest absolute Gasteiger partial charge is 0.262 e. The second-order valence-electron chi connectivity index (χ2n) is 7.37. The van der Waals surface area contributed by atoms with Crippen LogP contribution in [0.1, 0.15) is 41.7 Å². The molecule has 4 heterocycles. The number of pyridine rings is 2. The fourth-order valence-electron chi connectivity index (χ4n) is 3.50. The number of nitrogens with one attached hydrogen (secondary N) is 3. The van der Waals surface area contributed by atoms with Crippen LogP contribution in [0.3, 0.4) is 0 Å². The van der Waals surface area contributed by atoms with E-state index in [1.165, 1.54) is 6.21 Å². The molecule has 0 saturated heterocycles. The fourth-order valence-corrected chi connectivity index (χ4v) is 3.50. The lowest BCUT2D eigenvalue weighted by Gasteiger charge is -2.17. The van der Waals surface area contributed by atoms with Crippen LogP contribution in [-0.2, 0) is 0 Å². The molecule has 32 heavy (non-hydrogen) atoms. The van der Waals surface area contributed by atoms with E-state index in [9.17, 15) is 4.79 Å². The number of rotatable bonds is 3. The second kappa shape index (κ2) is 9.38. The van der Waals surface area contributed by atoms with Gasteiger partial charge in [0.2, 0.25) is 5.88 Å². The van der Waals surface area contributed by atoms with Crippen LogP contribution in [0.25, 0.3) is 17.1 Å². The van der Waals surface area contributed by atoms with Gasteiger partial charge in [0.1, 0.15) is 23.4 Å². The monoisotopic (exact) mass is 432 g/mol. The topological polar surface area (TPSA) is 131 Å². The van der Waals surface area contributed by atoms with Gasteiger partial charge >= 0.3 is 0 Å². The Bertz CT molecular complexity index is 1170. The summed E-state index contributed by atoms with van der Waals surface area (Å²) in [6, 6.07) is 7.16. The number of hydrogen-bond acceptors (Lipinski definition) is 8. The summed E-state index contributed by atoms with van der Waals surface area (Å²) in [5.41, 5.74) is 2.10. The molecule has 0 aromatic carbocycles. The van der Waals surface area contributed by atoms with Gasteiger partial charge in [-0.2, -0.15) is 0 Å². The third kappa shape index (κ3) is 4.34. The molecule has 2 bridgehead atoms. The normalized spacial score (nSPS) is 16.6. The maximum atomic E-state index is 13.2. The van der Waals surface area contributed by atoms with Crippen molar-refractivity contribution in [3.05, 3.63) is 54.1 Å². The number of amides is 1. The first-order valence-electron chi connectivity index (χ1n) is 10.3. The molecule has 0 spiro atoms. The summed E-state index contributed by atoms with van der Waals surface area (Å²) in [5, 5.41) is 21.6. The molecule has 0 aliphatic carbocycles. The summed E-state index contributed by atoms with van der Waals surface area (Å²) in [4.78, 5) is 22.1. The van der Waals surface area contributed by atoms with E-state index >= 15 is 0 Å². The van der Waals surface area contributed by atoms with Crippen LogP contribution >= 0.6 is 0 Å². The third-order valence-corrected chi connectivity index (χ3v) is 5.16. The molecule has 164 valence electrons. The standard InChI is InChI=1S/C22H24N8O2/c1-14-5-4-8-32-22-17(9-15(12-25-22)16(10-23)11-24-2)21(31)28-19-7-3-6-18(27-19)20-29-26-13-30(14)20/h3,6-7,9-14,23-24H,4-5,8H2,1-2H3,(H,27,28,31)/b16-11+,23-10?. The van der Waals surface area contributed by atoms with Gasteiger partial charge in [0.15, 0.2) is 5.82 Å². The van der Waals surface area contributed by atoms with Gasteiger partial charge in [-0.25, -0.2) is 9.97 Å². The van der Waals surface area contributed by atoms with Gasteiger partial charge in [-0.05, 0) is 38.0 Å². The number of allylic oxidation sites excluding steroid dienone is 1. The molecule has 1 amide bonds. The quantitative estimate of drug-likeness (QED) is 0.542. The molecule has 10 heteroatoms. The van der Waals surface area contributed by atoms with Gasteiger partial charge in [0.25, 0.3) is 5.91 Å². The Morgan fingerprint density at radius 2 is 2.28 bits per heavy atom. The minimum absolute atomic E-state index is 0.142. The molecular formula is C22H24N8O2. The molecule has 3 N–H and O–H groups in total. The molecular weight excluding hydrogens is 408 g/mol. The summed E-state index contributed by atoms with van der Waals surface area (Å²) < 4.78 is 7.86. The number of carbonyl (C=O) groups excluding carboxylic acids is 1. The lowest BCUT2D eigenvalue weighted by molar-refractivity contribution is 0.102. The van der Waals surface area contributed by atoms with E-state index < -0.39 is 5.91 Å². The Hall–Kier alpha value is -4.08. The number of nitrogens with zero attached hydrogens (tertiary/aromatic N) is 5. The van der Waals surface area contributed by atoms with Gasteiger partial charge in [-0.1, -0.05) is 6.07 Å². The molecule has 1 aliphatic rings. The Morgan fingerprint density at radius 3 is 3.09 bits per heavy atom. The first-order valence-corrected chi connectivity index (χ1v) is 10.3. The molecule has 1 unspecified atom stereocenters. The molecule has 4 rings (SSSR count). The Morgan fingerprint density at radius 1 is 1.41 bits per heavy atom. The van der Waals surface area contributed by atoms with Gasteiger partial charge in [-0.15, -0.1) is 10.2 Å². The second-order valence-corrected chi connectivity index (χ2v) is 7.37. The highest BCUT2D eigenvalue weighted by molar-refractivity contribution is 6.10. The van der Waals surface area contributed by atoms with Crippen LogP contribution in [0.15, 0.2) is 43.0 Å². The lowest BCUT2D eigenvalue weighted by Crippen LogP contribution is -2.17. The SMILES string of the molecule is CN/C=C(\C=N)c1cnc2c(c1)C(=O)Nc1cccc(n1)-c1nncn1C(C)CCCO2. The minimum Gasteiger partial charge on any atom is -0.477 e. The van der Waals surface area contributed by atoms with Crippen LogP contribution in [0.5, 0.6) is 5.88 Å². The van der Waals surface area contributed by atoms with Crippen molar-refractivity contribution in [1.29, 1.82) is 5.41 Å². The van der Waals surface area contributed by atoms with Crippen molar-refractivity contribution in [2.75, 3.05) is 19.0 Å². The fraction of sp³-hybridized carbons (Fsp3) is 0.273. The lowest BCUT2D eigenvalue weighted by atomic mass is 10.1. The summed E-state index contributed by atoms with van der Waals surface area (Å²) in [5.74, 6) is 0.857. The van der Waals surface area contributed by atoms with Gasteiger partial charge in [0, 0.05) is 42.8 Å². The van der Waals surface area contributed by atoms with Crippen molar-refractivity contribution < 1.29 is 9.53 Å². The summed E-state index contributed by atoms with van der Waals surface area (Å²) in [7, 11) is 1.74. The average molecular weight is 432 g/mol. The van der Waals surface area contributed by atoms with Crippen LogP contribution < -0.4 is 15.4 Å². The highest BCUT2D eigenvalue weighted by Crippen LogP contribution is 2.26. The van der Waals surface area contributed by atoms with Crippen LogP contribution in [0.2, 0.25) is 0 Å². The van der Waals surface area contributed by atoms with E-state index in [-0.39, 0.29) is 17.5 Å². The number of hydrogen-bond donors (Lipinski definition) is 3. The van der Waals surface area contributed by atoms with E-state index in [1.807, 2.05) is 16.7 Å². The zero-order chi connectivity index (χ0) is 22.5. The van der Waals surface area contributed by atoms with Crippen molar-refractivity contribution in [3.8, 4) is 17.4 Å². The molecule has 10 nitrogen and oxygen atoms in total. The number of anilines is 1. The first-order chi connectivity index (χ1) is 15.6. The van der Waals surface area contributed by atoms with Crippen LogP contribution in [-0.4, -0.2) is 50.5 Å². The highest BCUT2D eigenvalue weighted by Gasteiger charge is 2.20. The number of fused-ring (bicyclic) bond motifs is 5. The largest absolute Gasteiger partial charge is 0.477 e. The molecule has 3 aromatic rings. The van der Waals surface area contributed by atoms with Crippen molar-refractivity contribution in [3.63, 3.8) is 0 Å². The number of ether oxygens (including phenoxy) is 1. The summed E-state index contributed by atoms with van der Waals surface area (Å²) in [6.07, 6.45) is 7.73. The molecule has 0 radical (unpaired) electrons. The van der Waals surface area contributed by atoms with Crippen molar-refractivity contribution in [1.82, 2.24) is 30.0 Å². The molecule has 0 fully saturated rings. The Balaban J connectivity index is 1.76. The predicted molar refractivity (Wildman–Crippen MR) is 121 cm³/mol. The van der Waals surface area contributed by atoms with Crippen molar-refractivity contribution >= 4 is 23.5 Å². The highest BCUT2D eigenvalue weighted by atomic mass is 16.5. The van der Waals surface area contributed by atoms with E-state index in [2.05, 4.69) is 37.7 Å². The molecule has 1 atom stereocenters. The predicted octanol–water partition coefficient (Wildman–Crippen LogP) is 2.93. The van der Waals surface area contributed by atoms with Crippen LogP contribution in [0, 0.1) is 5.41 Å². The van der Waals surface area contributed by atoms with Crippen molar-refractivity contribution in [2.45, 2.75) is 25.8 Å². The molecule has 0 saturated carbocycles. The van der Waals surface area contributed by atoms with Crippen LogP contribution in [0.4, 0.5) is 5.82 Å². The summed E-state index contributed by atoms with van der Waals surface area (Å²) >= 11 is 0. The number of carbonyl (C=O) groups is 1. The minimum atomic E-state index is -0.403. The Labute approximate surface area is 185 Å². The molecule has 3 aromatic heterocycles. The summed E-state index contributed by atoms with van der Waals surface area (Å²) in [6.45, 7) is 2.50. The Kier molecular flexibility index (Phi) is 6.20. The van der Waals surface area contributed by atoms with Crippen molar-refractivity contribution in [2.24, 2.45) is 0 Å². The van der Waals surface area contributed by atoms with Gasteiger partial charge in [0.05, 0.1) is 6.61 Å². The third-order valence-electron chi connectivity index (χ3n) is 5.16. The van der Waals surface area contributed by atoms with Gasteiger partial charge in [-0.3, -0.25) is 4.79 Å². The van der Waals surface area contributed by atoms with E-state index in [0.717, 1.165) is 12.8 Å². The van der Waals surface area contributed by atoms with Gasteiger partial charge < -0.3 is 25.3 Å². The van der Waals surface area contributed by atoms with E-state index in [1.54, 1.807) is 37.9 Å². The zero-order valence-electron chi connectivity index (χ0n) is 17.9. The number of aromatic nitrogens is 5. The first kappa shape index (κ1) is 21.2. The van der Waals surface area contributed by atoms with E-state index in [4.69, 9.17) is 10.1 Å². The maximum absolute atomic E-state index is 13.2. The zero-order valence-corrected chi connectivity index (χ0v) is 17.9. The molecule has 1 aliphatic heterocycles. The van der Waals surface area contributed by atoms with E-state index in [0.29, 0.717) is 35.1 Å². The maximum Gasteiger partial charge on any atom is 0.262 e.